The van der Waals surface area contributed by atoms with Crippen molar-refractivity contribution in [1.82, 2.24) is 0 Å². The van der Waals surface area contributed by atoms with Gasteiger partial charge in [-0.25, -0.2) is 4.79 Å². The summed E-state index contributed by atoms with van der Waals surface area (Å²) in [5.41, 5.74) is 0.732. The minimum atomic E-state index is -0.830. The molecule has 2 rings (SSSR count). The zero-order chi connectivity index (χ0) is 19.8. The molecule has 0 aliphatic rings. The van der Waals surface area contributed by atoms with Gasteiger partial charge >= 0.3 is 11.9 Å². The van der Waals surface area contributed by atoms with Crippen molar-refractivity contribution in [2.75, 3.05) is 13.7 Å². The first-order valence-electron chi connectivity index (χ1n) is 9.31. The first kappa shape index (κ1) is 20.9. The normalized spacial score (nSPS) is 14.4. The monoisotopic (exact) mass is 372 g/mol. The summed E-state index contributed by atoms with van der Waals surface area (Å²) in [5, 5.41) is 2.12. The number of ether oxygens (including phenoxy) is 3. The highest BCUT2D eigenvalue weighted by Gasteiger charge is 2.28. The lowest BCUT2D eigenvalue weighted by atomic mass is 9.99. The molecule has 1 unspecified atom stereocenters. The van der Waals surface area contributed by atoms with E-state index in [2.05, 4.69) is 6.92 Å². The summed E-state index contributed by atoms with van der Waals surface area (Å²) in [6, 6.07) is 13.7. The molecule has 27 heavy (non-hydrogen) atoms. The van der Waals surface area contributed by atoms with E-state index in [4.69, 9.17) is 14.2 Å². The van der Waals surface area contributed by atoms with Crippen LogP contribution in [0.25, 0.3) is 10.8 Å². The van der Waals surface area contributed by atoms with Crippen LogP contribution in [0, 0.1) is 5.92 Å². The molecule has 0 bridgehead atoms. The second-order valence-corrected chi connectivity index (χ2v) is 6.77. The van der Waals surface area contributed by atoms with E-state index in [0.717, 1.165) is 29.2 Å². The Hall–Kier alpha value is -2.40. The Kier molecular flexibility index (Phi) is 7.80. The van der Waals surface area contributed by atoms with Crippen molar-refractivity contribution in [1.29, 1.82) is 0 Å². The summed E-state index contributed by atoms with van der Waals surface area (Å²) in [6.45, 7) is 5.45. The van der Waals surface area contributed by atoms with E-state index in [0.29, 0.717) is 0 Å². The Morgan fingerprint density at radius 3 is 2.41 bits per heavy atom. The zero-order valence-electron chi connectivity index (χ0n) is 16.4. The minimum Gasteiger partial charge on any atom is -0.462 e. The topological polar surface area (TPSA) is 61.8 Å². The van der Waals surface area contributed by atoms with Crippen LogP contribution < -0.4 is 0 Å². The lowest BCUT2D eigenvalue weighted by Gasteiger charge is -2.25. The first-order chi connectivity index (χ1) is 13.0. The molecule has 0 fully saturated rings. The van der Waals surface area contributed by atoms with E-state index in [1.54, 1.807) is 0 Å². The van der Waals surface area contributed by atoms with Gasteiger partial charge in [0.05, 0.1) is 0 Å². The predicted molar refractivity (Wildman–Crippen MR) is 104 cm³/mol. The van der Waals surface area contributed by atoms with Gasteiger partial charge < -0.3 is 14.2 Å². The third kappa shape index (κ3) is 5.79. The van der Waals surface area contributed by atoms with E-state index in [-0.39, 0.29) is 12.5 Å². The van der Waals surface area contributed by atoms with Crippen molar-refractivity contribution in [2.45, 2.75) is 45.8 Å². The van der Waals surface area contributed by atoms with E-state index in [1.807, 2.05) is 49.4 Å². The maximum absolute atomic E-state index is 12.8. The lowest BCUT2D eigenvalue weighted by Crippen LogP contribution is -2.33. The molecule has 0 spiro atoms. The molecule has 146 valence electrons. The van der Waals surface area contributed by atoms with Crippen LogP contribution in [0.3, 0.4) is 0 Å². The Morgan fingerprint density at radius 1 is 1.07 bits per heavy atom. The Bertz CT molecular complexity index is 770. The number of carbonyl (C=O) groups excluding carboxylic acids is 2. The third-order valence-electron chi connectivity index (χ3n) is 4.62. The number of benzene rings is 2. The standard InChI is InChI=1S/C22H28O5/c1-5-8-15(2)20(14-26-16(3)23)27-22(24)21(25-4)19-12-11-17-9-6-7-10-18(17)13-19/h6-7,9-13,15,20-21H,5,8,14H2,1-4H3/t15-,20+,21?/m1/s1. The minimum absolute atomic E-state index is 0.0520. The number of carbonyl (C=O) groups is 2. The average Bonchev–Trinajstić information content (AvgIpc) is 2.65. The van der Waals surface area contributed by atoms with Gasteiger partial charge in [-0.2, -0.15) is 0 Å². The Balaban J connectivity index is 2.17. The van der Waals surface area contributed by atoms with Gasteiger partial charge in [0.1, 0.15) is 12.7 Å². The summed E-state index contributed by atoms with van der Waals surface area (Å²) in [7, 11) is 1.48. The van der Waals surface area contributed by atoms with Gasteiger partial charge in [-0.1, -0.05) is 56.7 Å². The maximum Gasteiger partial charge on any atom is 0.340 e. The number of hydrogen-bond donors (Lipinski definition) is 0. The molecule has 0 aliphatic carbocycles. The number of esters is 2. The van der Waals surface area contributed by atoms with Crippen molar-refractivity contribution in [3.8, 4) is 0 Å². The lowest BCUT2D eigenvalue weighted by molar-refractivity contribution is -0.171. The second-order valence-electron chi connectivity index (χ2n) is 6.77. The van der Waals surface area contributed by atoms with Crippen molar-refractivity contribution in [2.24, 2.45) is 5.92 Å². The van der Waals surface area contributed by atoms with Gasteiger partial charge in [-0.15, -0.1) is 0 Å². The summed E-state index contributed by atoms with van der Waals surface area (Å²) in [6.07, 6.45) is 0.489. The van der Waals surface area contributed by atoms with Crippen LogP contribution in [0.4, 0.5) is 0 Å². The van der Waals surface area contributed by atoms with Crippen molar-refractivity contribution < 1.29 is 23.8 Å². The largest absolute Gasteiger partial charge is 0.462 e. The van der Waals surface area contributed by atoms with Crippen LogP contribution in [0.2, 0.25) is 0 Å². The first-order valence-corrected chi connectivity index (χ1v) is 9.31. The molecule has 3 atom stereocenters. The molecule has 0 saturated heterocycles. The van der Waals surface area contributed by atoms with Crippen molar-refractivity contribution >= 4 is 22.7 Å². The third-order valence-corrected chi connectivity index (χ3v) is 4.62. The fourth-order valence-corrected chi connectivity index (χ4v) is 3.11. The molecule has 0 aliphatic heterocycles. The molecule has 0 heterocycles. The summed E-state index contributed by atoms with van der Waals surface area (Å²) in [4.78, 5) is 23.9. The smallest absolute Gasteiger partial charge is 0.340 e. The Labute approximate surface area is 160 Å². The average molecular weight is 372 g/mol. The van der Waals surface area contributed by atoms with Crippen LogP contribution >= 0.6 is 0 Å². The summed E-state index contributed by atoms with van der Waals surface area (Å²) >= 11 is 0. The quantitative estimate of drug-likeness (QED) is 0.609. The number of hydrogen-bond acceptors (Lipinski definition) is 5. The van der Waals surface area contributed by atoms with Gasteiger partial charge in [-0.3, -0.25) is 4.79 Å². The van der Waals surface area contributed by atoms with Crippen LogP contribution in [-0.2, 0) is 23.8 Å². The van der Waals surface area contributed by atoms with E-state index in [9.17, 15) is 9.59 Å². The number of methoxy groups -OCH3 is 1. The molecule has 5 nitrogen and oxygen atoms in total. The fraction of sp³-hybridized carbons (Fsp3) is 0.455. The number of fused-ring (bicyclic) bond motifs is 1. The van der Waals surface area contributed by atoms with Crippen molar-refractivity contribution in [3.05, 3.63) is 48.0 Å². The molecule has 0 aromatic heterocycles. The number of rotatable bonds is 9. The predicted octanol–water partition coefficient (Wildman–Crippen LogP) is 4.44. The molecule has 0 radical (unpaired) electrons. The molecule has 2 aromatic carbocycles. The van der Waals surface area contributed by atoms with Crippen LogP contribution in [0.15, 0.2) is 42.5 Å². The van der Waals surface area contributed by atoms with E-state index in [1.165, 1.54) is 14.0 Å². The van der Waals surface area contributed by atoms with Gasteiger partial charge in [0.15, 0.2) is 6.10 Å². The molecule has 2 aromatic rings. The highest BCUT2D eigenvalue weighted by atomic mass is 16.6. The van der Waals surface area contributed by atoms with Gasteiger partial charge in [0.25, 0.3) is 0 Å². The van der Waals surface area contributed by atoms with Crippen LogP contribution in [0.5, 0.6) is 0 Å². The molecule has 5 heteroatoms. The van der Waals surface area contributed by atoms with Gasteiger partial charge in [0.2, 0.25) is 0 Å². The SMILES string of the molecule is CCC[C@@H](C)[C@H](COC(C)=O)OC(=O)C(OC)c1ccc2ccccc2c1. The molecule has 0 amide bonds. The van der Waals surface area contributed by atoms with Crippen molar-refractivity contribution in [3.63, 3.8) is 0 Å². The molecular formula is C22H28O5. The second kappa shape index (κ2) is 10.1. The highest BCUT2D eigenvalue weighted by molar-refractivity contribution is 5.85. The van der Waals surface area contributed by atoms with E-state index < -0.39 is 24.1 Å². The van der Waals surface area contributed by atoms with Gasteiger partial charge in [-0.05, 0) is 34.7 Å². The molecule has 0 saturated carbocycles. The zero-order valence-corrected chi connectivity index (χ0v) is 16.4. The molecule has 0 N–H and O–H groups in total. The van der Waals surface area contributed by atoms with Crippen LogP contribution in [0.1, 0.15) is 45.3 Å². The summed E-state index contributed by atoms with van der Waals surface area (Å²) < 4.78 is 16.2. The summed E-state index contributed by atoms with van der Waals surface area (Å²) in [5.74, 6) is -0.794. The molecular weight excluding hydrogens is 344 g/mol. The Morgan fingerprint density at radius 2 is 1.78 bits per heavy atom. The van der Waals surface area contributed by atoms with E-state index >= 15 is 0 Å². The van der Waals surface area contributed by atoms with Crippen LogP contribution in [-0.4, -0.2) is 31.8 Å². The fourth-order valence-electron chi connectivity index (χ4n) is 3.11. The highest BCUT2D eigenvalue weighted by Crippen LogP contribution is 2.25. The maximum atomic E-state index is 12.8. The van der Waals surface area contributed by atoms with Gasteiger partial charge in [0, 0.05) is 14.0 Å².